The van der Waals surface area contributed by atoms with Gasteiger partial charge in [-0.15, -0.1) is 0 Å². The van der Waals surface area contributed by atoms with Crippen molar-refractivity contribution in [1.82, 2.24) is 4.98 Å². The molecule has 1 atom stereocenters. The summed E-state index contributed by atoms with van der Waals surface area (Å²) in [5.74, 6) is 0.0950. The molecule has 0 aliphatic rings. The molecule has 1 aromatic heterocycles. The Morgan fingerprint density at radius 3 is 2.80 bits per heavy atom. The molecule has 2 N–H and O–H groups in total. The number of hydrogen-bond acceptors (Lipinski definition) is 4. The van der Waals surface area contributed by atoms with Crippen LogP contribution < -0.4 is 0 Å². The van der Waals surface area contributed by atoms with E-state index in [1.807, 2.05) is 6.07 Å². The molecule has 0 spiro atoms. The maximum absolute atomic E-state index is 9.57. The number of fused-ring (bicyclic) bond motifs is 1. The van der Waals surface area contributed by atoms with Crippen LogP contribution in [0.2, 0.25) is 0 Å². The third-order valence-electron chi connectivity index (χ3n) is 2.20. The lowest BCUT2D eigenvalue weighted by Crippen LogP contribution is -2.02. The van der Waals surface area contributed by atoms with Gasteiger partial charge in [-0.2, -0.15) is 0 Å². The van der Waals surface area contributed by atoms with E-state index in [0.29, 0.717) is 11.2 Å². The van der Waals surface area contributed by atoms with Crippen LogP contribution in [0, 0.1) is 0 Å². The average Bonchev–Trinajstić information content (AvgIpc) is 2.28. The second kappa shape index (κ2) is 3.84. The van der Waals surface area contributed by atoms with Gasteiger partial charge in [0.05, 0.1) is 5.69 Å². The molecule has 0 fully saturated rings. The third kappa shape index (κ3) is 1.77. The molecule has 1 aromatic carbocycles. The summed E-state index contributed by atoms with van der Waals surface area (Å²) in [6.07, 6.45) is -1.06. The van der Waals surface area contributed by atoms with Crippen molar-refractivity contribution >= 4 is 10.9 Å². The van der Waals surface area contributed by atoms with E-state index in [4.69, 9.17) is 4.74 Å². The predicted molar refractivity (Wildman–Crippen MR) is 55.4 cm³/mol. The zero-order valence-corrected chi connectivity index (χ0v) is 8.21. The fourth-order valence-corrected chi connectivity index (χ4v) is 1.40. The van der Waals surface area contributed by atoms with Crippen molar-refractivity contribution in [3.05, 3.63) is 36.0 Å². The fourth-order valence-electron chi connectivity index (χ4n) is 1.40. The summed E-state index contributed by atoms with van der Waals surface area (Å²) < 4.78 is 4.74. The molecule has 1 heterocycles. The van der Waals surface area contributed by atoms with Gasteiger partial charge in [0.15, 0.2) is 6.29 Å². The van der Waals surface area contributed by atoms with Gasteiger partial charge in [-0.3, -0.25) is 0 Å². The van der Waals surface area contributed by atoms with Crippen LogP contribution in [0.15, 0.2) is 30.3 Å². The first-order chi connectivity index (χ1) is 7.22. The van der Waals surface area contributed by atoms with E-state index in [2.05, 4.69) is 4.98 Å². The molecule has 0 aliphatic heterocycles. The number of phenols is 1. The van der Waals surface area contributed by atoms with Crippen molar-refractivity contribution in [1.29, 1.82) is 0 Å². The second-order valence-electron chi connectivity index (χ2n) is 3.17. The molecule has 0 bridgehead atoms. The van der Waals surface area contributed by atoms with Crippen molar-refractivity contribution in [2.45, 2.75) is 6.29 Å². The smallest absolute Gasteiger partial charge is 0.198 e. The Labute approximate surface area is 86.8 Å². The van der Waals surface area contributed by atoms with E-state index in [1.54, 1.807) is 24.3 Å². The molecule has 0 amide bonds. The number of rotatable bonds is 2. The Morgan fingerprint density at radius 2 is 2.07 bits per heavy atom. The largest absolute Gasteiger partial charge is 0.506 e. The van der Waals surface area contributed by atoms with Crippen molar-refractivity contribution < 1.29 is 14.9 Å². The van der Waals surface area contributed by atoms with Crippen LogP contribution in [-0.4, -0.2) is 22.3 Å². The first-order valence-electron chi connectivity index (χ1n) is 4.52. The van der Waals surface area contributed by atoms with Crippen molar-refractivity contribution in [3.63, 3.8) is 0 Å². The highest BCUT2D eigenvalue weighted by atomic mass is 16.6. The Bertz CT molecular complexity index is 484. The summed E-state index contributed by atoms with van der Waals surface area (Å²) in [6, 6.07) is 8.57. The lowest BCUT2D eigenvalue weighted by molar-refractivity contribution is -0.0796. The average molecular weight is 205 g/mol. The molecular formula is C11H11NO3. The number of benzene rings is 1. The number of para-hydroxylation sites is 1. The van der Waals surface area contributed by atoms with Crippen molar-refractivity contribution in [2.75, 3.05) is 7.11 Å². The van der Waals surface area contributed by atoms with E-state index in [9.17, 15) is 10.2 Å². The molecule has 0 aliphatic carbocycles. The predicted octanol–water partition coefficient (Wildman–Crippen LogP) is 1.58. The minimum absolute atomic E-state index is 0.0950. The Hall–Kier alpha value is -1.65. The molecule has 4 nitrogen and oxygen atoms in total. The number of nitrogens with zero attached hydrogens (tertiary/aromatic N) is 1. The number of ether oxygens (including phenoxy) is 1. The number of aliphatic hydroxyl groups is 1. The van der Waals surface area contributed by atoms with Gasteiger partial charge in [0, 0.05) is 12.5 Å². The summed E-state index contributed by atoms with van der Waals surface area (Å²) >= 11 is 0. The van der Waals surface area contributed by atoms with E-state index >= 15 is 0 Å². The summed E-state index contributed by atoms with van der Waals surface area (Å²) in [5.41, 5.74) is 0.845. The van der Waals surface area contributed by atoms with Gasteiger partial charge < -0.3 is 14.9 Å². The summed E-state index contributed by atoms with van der Waals surface area (Å²) in [4.78, 5) is 4.12. The molecule has 0 saturated heterocycles. The lowest BCUT2D eigenvalue weighted by atomic mass is 10.2. The molecule has 78 valence electrons. The molecular weight excluding hydrogens is 194 g/mol. The summed E-state index contributed by atoms with van der Waals surface area (Å²) in [5, 5.41) is 19.8. The lowest BCUT2D eigenvalue weighted by Gasteiger charge is -2.08. The molecule has 0 saturated carbocycles. The molecule has 4 heteroatoms. The summed E-state index contributed by atoms with van der Waals surface area (Å²) in [7, 11) is 1.39. The van der Waals surface area contributed by atoms with Gasteiger partial charge in [0.1, 0.15) is 11.3 Å². The molecule has 0 radical (unpaired) electrons. The maximum atomic E-state index is 9.57. The fraction of sp³-hybridized carbons (Fsp3) is 0.182. The molecule has 1 unspecified atom stereocenters. The number of phenolic OH excluding ortho intramolecular Hbond substituents is 1. The van der Waals surface area contributed by atoms with Gasteiger partial charge in [-0.1, -0.05) is 18.2 Å². The highest BCUT2D eigenvalue weighted by Crippen LogP contribution is 2.24. The first-order valence-corrected chi connectivity index (χ1v) is 4.52. The SMILES string of the molecule is COC(O)c1ccc2cccc(O)c2n1. The number of pyridine rings is 1. The monoisotopic (exact) mass is 205 g/mol. The summed E-state index contributed by atoms with van der Waals surface area (Å²) in [6.45, 7) is 0. The minimum atomic E-state index is -1.06. The van der Waals surface area contributed by atoms with Gasteiger partial charge in [-0.05, 0) is 12.1 Å². The number of hydrogen-bond donors (Lipinski definition) is 2. The van der Waals surface area contributed by atoms with E-state index < -0.39 is 6.29 Å². The number of aromatic hydroxyl groups is 1. The number of aromatic nitrogens is 1. The molecule has 15 heavy (non-hydrogen) atoms. The van der Waals surface area contributed by atoms with Crippen LogP contribution in [0.4, 0.5) is 0 Å². The quantitative estimate of drug-likeness (QED) is 0.730. The molecule has 2 rings (SSSR count). The first kappa shape index (κ1) is 9.89. The van der Waals surface area contributed by atoms with Crippen LogP contribution in [0.1, 0.15) is 12.0 Å². The van der Waals surface area contributed by atoms with Gasteiger partial charge in [-0.25, -0.2) is 4.98 Å². The van der Waals surface area contributed by atoms with Crippen LogP contribution in [-0.2, 0) is 4.74 Å². The highest BCUT2D eigenvalue weighted by Gasteiger charge is 2.09. The highest BCUT2D eigenvalue weighted by molar-refractivity contribution is 5.84. The second-order valence-corrected chi connectivity index (χ2v) is 3.17. The minimum Gasteiger partial charge on any atom is -0.506 e. The number of aliphatic hydroxyl groups excluding tert-OH is 1. The van der Waals surface area contributed by atoms with Crippen molar-refractivity contribution in [3.8, 4) is 5.75 Å². The topological polar surface area (TPSA) is 62.6 Å². The standard InChI is InChI=1S/C11H11NO3/c1-15-11(14)8-6-5-7-3-2-4-9(13)10(7)12-8/h2-6,11,13-14H,1H3. The Morgan fingerprint density at radius 1 is 1.27 bits per heavy atom. The zero-order chi connectivity index (χ0) is 10.8. The maximum Gasteiger partial charge on any atom is 0.198 e. The zero-order valence-electron chi connectivity index (χ0n) is 8.21. The van der Waals surface area contributed by atoms with E-state index in [1.165, 1.54) is 7.11 Å². The Kier molecular flexibility index (Phi) is 2.53. The normalized spacial score (nSPS) is 12.9. The van der Waals surface area contributed by atoms with Gasteiger partial charge >= 0.3 is 0 Å². The van der Waals surface area contributed by atoms with Crippen LogP contribution in [0.25, 0.3) is 10.9 Å². The van der Waals surface area contributed by atoms with Crippen LogP contribution in [0.3, 0.4) is 0 Å². The third-order valence-corrected chi connectivity index (χ3v) is 2.20. The van der Waals surface area contributed by atoms with Gasteiger partial charge in [0.2, 0.25) is 0 Å². The van der Waals surface area contributed by atoms with Crippen molar-refractivity contribution in [2.24, 2.45) is 0 Å². The van der Waals surface area contributed by atoms with Crippen LogP contribution in [0.5, 0.6) is 5.75 Å². The van der Waals surface area contributed by atoms with Gasteiger partial charge in [0.25, 0.3) is 0 Å². The van der Waals surface area contributed by atoms with E-state index in [0.717, 1.165) is 5.39 Å². The number of methoxy groups -OCH3 is 1. The van der Waals surface area contributed by atoms with Crippen LogP contribution >= 0.6 is 0 Å². The molecule has 2 aromatic rings. The van der Waals surface area contributed by atoms with E-state index in [-0.39, 0.29) is 5.75 Å². The Balaban J connectivity index is 2.59.